The van der Waals surface area contributed by atoms with Crippen LogP contribution in [0.5, 0.6) is 5.75 Å². The number of phenolic OH excluding ortho intramolecular Hbond substituents is 1. The lowest BCUT2D eigenvalue weighted by Crippen LogP contribution is -2.48. The first-order valence-corrected chi connectivity index (χ1v) is 7.73. The summed E-state index contributed by atoms with van der Waals surface area (Å²) in [6.45, 7) is 1.25. The number of hydrogen-bond acceptors (Lipinski definition) is 2. The van der Waals surface area contributed by atoms with Crippen molar-refractivity contribution in [3.05, 3.63) is 29.3 Å². The molecule has 1 spiro atoms. The quantitative estimate of drug-likeness (QED) is 0.771. The number of phenols is 1. The summed E-state index contributed by atoms with van der Waals surface area (Å²) in [7, 11) is 2.30. The van der Waals surface area contributed by atoms with Gasteiger partial charge < -0.3 is 10.0 Å². The first-order chi connectivity index (χ1) is 9.21. The highest BCUT2D eigenvalue weighted by atomic mass is 16.3. The van der Waals surface area contributed by atoms with E-state index < -0.39 is 0 Å². The van der Waals surface area contributed by atoms with Crippen molar-refractivity contribution in [2.45, 2.75) is 50.5 Å². The van der Waals surface area contributed by atoms with Gasteiger partial charge in [-0.1, -0.05) is 18.9 Å². The van der Waals surface area contributed by atoms with Crippen molar-refractivity contribution in [3.8, 4) is 5.75 Å². The van der Waals surface area contributed by atoms with E-state index in [1.807, 2.05) is 6.07 Å². The Hall–Kier alpha value is -1.02. The van der Waals surface area contributed by atoms with Gasteiger partial charge in [-0.05, 0) is 73.9 Å². The molecule has 4 rings (SSSR count). The number of nitrogens with zero attached hydrogens (tertiary/aromatic N) is 1. The van der Waals surface area contributed by atoms with Gasteiger partial charge in [-0.25, -0.2) is 0 Å². The van der Waals surface area contributed by atoms with Gasteiger partial charge in [0.25, 0.3) is 0 Å². The van der Waals surface area contributed by atoms with Crippen LogP contribution in [0, 0.1) is 5.41 Å². The molecule has 1 aromatic carbocycles. The van der Waals surface area contributed by atoms with Crippen LogP contribution in [0.15, 0.2) is 18.2 Å². The highest BCUT2D eigenvalue weighted by Gasteiger charge is 2.54. The predicted octanol–water partition coefficient (Wildman–Crippen LogP) is 3.30. The maximum atomic E-state index is 9.86. The molecule has 2 nitrogen and oxygen atoms in total. The van der Waals surface area contributed by atoms with Gasteiger partial charge in [0, 0.05) is 6.04 Å². The zero-order valence-corrected chi connectivity index (χ0v) is 11.7. The van der Waals surface area contributed by atoms with Gasteiger partial charge in [-0.2, -0.15) is 0 Å². The molecule has 0 radical (unpaired) electrons. The molecule has 1 heterocycles. The van der Waals surface area contributed by atoms with Gasteiger partial charge in [-0.3, -0.25) is 0 Å². The minimum absolute atomic E-state index is 0.448. The Morgan fingerprint density at radius 2 is 2.16 bits per heavy atom. The van der Waals surface area contributed by atoms with Gasteiger partial charge in [-0.15, -0.1) is 0 Å². The van der Waals surface area contributed by atoms with E-state index in [0.29, 0.717) is 17.1 Å². The number of likely N-dealkylation sites (tertiary alicyclic amines) is 1. The van der Waals surface area contributed by atoms with E-state index >= 15 is 0 Å². The Morgan fingerprint density at radius 1 is 1.26 bits per heavy atom. The van der Waals surface area contributed by atoms with E-state index in [-0.39, 0.29) is 0 Å². The molecule has 1 aromatic rings. The van der Waals surface area contributed by atoms with E-state index in [9.17, 15) is 5.11 Å². The molecule has 1 aliphatic heterocycles. The average molecular weight is 257 g/mol. The maximum absolute atomic E-state index is 9.86. The van der Waals surface area contributed by atoms with E-state index in [1.165, 1.54) is 56.2 Å². The number of benzene rings is 1. The third kappa shape index (κ3) is 1.53. The van der Waals surface area contributed by atoms with Gasteiger partial charge in [0.15, 0.2) is 0 Å². The van der Waals surface area contributed by atoms with E-state index in [0.717, 1.165) is 6.04 Å². The summed E-state index contributed by atoms with van der Waals surface area (Å²) in [5.41, 5.74) is 3.46. The summed E-state index contributed by atoms with van der Waals surface area (Å²) in [6, 6.07) is 6.82. The second-order valence-electron chi connectivity index (χ2n) is 6.87. The number of rotatable bonds is 0. The van der Waals surface area contributed by atoms with Crippen LogP contribution < -0.4 is 0 Å². The van der Waals surface area contributed by atoms with Crippen LogP contribution >= 0.6 is 0 Å². The lowest BCUT2D eigenvalue weighted by molar-refractivity contribution is 0.0807. The van der Waals surface area contributed by atoms with Crippen LogP contribution in [0.3, 0.4) is 0 Å². The van der Waals surface area contributed by atoms with Crippen molar-refractivity contribution < 1.29 is 5.11 Å². The van der Waals surface area contributed by atoms with Gasteiger partial charge in [0.1, 0.15) is 5.75 Å². The molecule has 3 atom stereocenters. The fourth-order valence-corrected chi connectivity index (χ4v) is 5.23. The fraction of sp³-hybridized carbons (Fsp3) is 0.647. The van der Waals surface area contributed by atoms with Gasteiger partial charge in [0.05, 0.1) is 0 Å². The van der Waals surface area contributed by atoms with Crippen molar-refractivity contribution in [1.29, 1.82) is 0 Å². The van der Waals surface area contributed by atoms with Crippen LogP contribution in [0.4, 0.5) is 0 Å². The first-order valence-electron chi connectivity index (χ1n) is 7.73. The number of hydrogen-bond donors (Lipinski definition) is 1. The smallest absolute Gasteiger partial charge is 0.115 e. The lowest BCUT2D eigenvalue weighted by Gasteiger charge is -2.51. The second kappa shape index (κ2) is 3.99. The van der Waals surface area contributed by atoms with Gasteiger partial charge >= 0.3 is 0 Å². The maximum Gasteiger partial charge on any atom is 0.115 e. The summed E-state index contributed by atoms with van der Waals surface area (Å²) < 4.78 is 0. The standard InChI is InChI=1S/C17H23NO/c1-18-9-8-17-7-3-2-4-15(17)14-11-13(19)6-5-12(14)10-16(17)18/h5-6,11,15-16,19H,2-4,7-10H2,1H3/t15-,16-,17-/m1/s1. The average Bonchev–Trinajstić information content (AvgIpc) is 2.73. The molecule has 0 unspecified atom stereocenters. The van der Waals surface area contributed by atoms with Crippen LogP contribution in [-0.2, 0) is 6.42 Å². The third-order valence-electron chi connectivity index (χ3n) is 6.12. The Labute approximate surface area is 115 Å². The molecule has 2 aliphatic carbocycles. The number of likely N-dealkylation sites (N-methyl/N-ethyl adjacent to an activating group) is 1. The van der Waals surface area contributed by atoms with E-state index in [1.54, 1.807) is 0 Å². The Bertz CT molecular complexity index is 508. The second-order valence-corrected chi connectivity index (χ2v) is 6.87. The fourth-order valence-electron chi connectivity index (χ4n) is 5.23. The van der Waals surface area contributed by atoms with Gasteiger partial charge in [0.2, 0.25) is 0 Å². The third-order valence-corrected chi connectivity index (χ3v) is 6.12. The SMILES string of the molecule is CN1CC[C@]23CCCC[C@@H]2c2cc(O)ccc2C[C@@H]13. The molecule has 1 saturated heterocycles. The molecule has 1 N–H and O–H groups in total. The molecule has 2 fully saturated rings. The highest BCUT2D eigenvalue weighted by molar-refractivity contribution is 5.43. The monoisotopic (exact) mass is 257 g/mol. The zero-order valence-electron chi connectivity index (χ0n) is 11.7. The van der Waals surface area contributed by atoms with Crippen LogP contribution in [0.1, 0.15) is 49.1 Å². The van der Waals surface area contributed by atoms with Crippen molar-refractivity contribution in [3.63, 3.8) is 0 Å². The predicted molar refractivity (Wildman–Crippen MR) is 76.5 cm³/mol. The molecule has 2 heteroatoms. The van der Waals surface area contributed by atoms with Crippen molar-refractivity contribution in [2.24, 2.45) is 5.41 Å². The largest absolute Gasteiger partial charge is 0.508 e. The molecular weight excluding hydrogens is 234 g/mol. The topological polar surface area (TPSA) is 23.5 Å². The molecule has 19 heavy (non-hydrogen) atoms. The molecule has 0 amide bonds. The van der Waals surface area contributed by atoms with E-state index in [2.05, 4.69) is 24.1 Å². The highest BCUT2D eigenvalue weighted by Crippen LogP contribution is 2.59. The number of aromatic hydroxyl groups is 1. The molecule has 1 saturated carbocycles. The van der Waals surface area contributed by atoms with Crippen molar-refractivity contribution in [1.82, 2.24) is 4.90 Å². The molecule has 0 bridgehead atoms. The van der Waals surface area contributed by atoms with Crippen molar-refractivity contribution >= 4 is 0 Å². The zero-order chi connectivity index (χ0) is 13.0. The Balaban J connectivity index is 1.86. The molecular formula is C17H23NO. The minimum Gasteiger partial charge on any atom is -0.508 e. The normalized spacial score (nSPS) is 37.5. The first kappa shape index (κ1) is 11.8. The molecule has 0 aromatic heterocycles. The summed E-state index contributed by atoms with van der Waals surface area (Å²) in [6.07, 6.45) is 8.01. The van der Waals surface area contributed by atoms with E-state index in [4.69, 9.17) is 0 Å². The summed E-state index contributed by atoms with van der Waals surface area (Å²) in [5, 5.41) is 9.86. The molecule has 102 valence electrons. The van der Waals surface area contributed by atoms with Crippen LogP contribution in [-0.4, -0.2) is 29.6 Å². The summed E-state index contributed by atoms with van der Waals surface area (Å²) in [5.74, 6) is 1.14. The Morgan fingerprint density at radius 3 is 3.05 bits per heavy atom. The van der Waals surface area contributed by atoms with Crippen LogP contribution in [0.25, 0.3) is 0 Å². The minimum atomic E-state index is 0.448. The number of fused-ring (bicyclic) bond motifs is 2. The summed E-state index contributed by atoms with van der Waals surface area (Å²) in [4.78, 5) is 2.59. The summed E-state index contributed by atoms with van der Waals surface area (Å²) >= 11 is 0. The van der Waals surface area contributed by atoms with Crippen molar-refractivity contribution in [2.75, 3.05) is 13.6 Å². The molecule has 3 aliphatic rings. The lowest BCUT2D eigenvalue weighted by atomic mass is 9.55. The van der Waals surface area contributed by atoms with Crippen LogP contribution in [0.2, 0.25) is 0 Å². The Kier molecular flexibility index (Phi) is 2.47.